The molecule has 0 saturated heterocycles. The minimum Gasteiger partial charge on any atom is -0.490 e. The molecule has 0 aliphatic heterocycles. The predicted molar refractivity (Wildman–Crippen MR) is 72.1 cm³/mol. The minimum atomic E-state index is 0.395. The van der Waals surface area contributed by atoms with E-state index in [1.165, 1.54) is 5.56 Å². The van der Waals surface area contributed by atoms with Crippen LogP contribution in [0, 0.1) is 0 Å². The first kappa shape index (κ1) is 13.7. The molecule has 0 fully saturated rings. The Morgan fingerprint density at radius 3 is 2.59 bits per heavy atom. The molecule has 1 aromatic carbocycles. The summed E-state index contributed by atoms with van der Waals surface area (Å²) < 4.78 is 5.43. The van der Waals surface area contributed by atoms with Crippen molar-refractivity contribution in [2.24, 2.45) is 5.73 Å². The smallest absolute Gasteiger partial charge is 0.119 e. The van der Waals surface area contributed by atoms with Crippen molar-refractivity contribution in [3.63, 3.8) is 0 Å². The van der Waals surface area contributed by atoms with Crippen molar-refractivity contribution >= 4 is 0 Å². The molecule has 1 unspecified atom stereocenters. The van der Waals surface area contributed by atoms with Crippen molar-refractivity contribution in [1.82, 2.24) is 4.90 Å². The van der Waals surface area contributed by atoms with Gasteiger partial charge >= 0.3 is 0 Å². The number of nitrogens with two attached hydrogens (primary N) is 1. The zero-order valence-corrected chi connectivity index (χ0v) is 10.7. The molecule has 1 rings (SSSR count). The van der Waals surface area contributed by atoms with Gasteiger partial charge in [-0.05, 0) is 31.7 Å². The Kier molecular flexibility index (Phi) is 5.73. The molecule has 0 amide bonds. The van der Waals surface area contributed by atoms with Crippen molar-refractivity contribution in [3.05, 3.63) is 42.5 Å². The Labute approximate surface area is 104 Å². The van der Waals surface area contributed by atoms with Crippen LogP contribution in [-0.2, 0) is 6.54 Å². The average molecular weight is 234 g/mol. The third-order valence-electron chi connectivity index (χ3n) is 2.82. The molecule has 0 aromatic heterocycles. The molecule has 0 aliphatic rings. The van der Waals surface area contributed by atoms with Gasteiger partial charge in [0.05, 0.1) is 0 Å². The van der Waals surface area contributed by atoms with E-state index >= 15 is 0 Å². The first-order valence-electron chi connectivity index (χ1n) is 5.90. The standard InChI is InChI=1S/C14H22N2O/c1-4-9-17-14-7-5-13(6-8-14)11-16(3)12(2)10-15/h4-8,12H,1,9-11,15H2,2-3H3. The fourth-order valence-corrected chi connectivity index (χ4v) is 1.47. The van der Waals surface area contributed by atoms with E-state index in [2.05, 4.69) is 37.6 Å². The number of rotatable bonds is 7. The van der Waals surface area contributed by atoms with Crippen molar-refractivity contribution in [1.29, 1.82) is 0 Å². The van der Waals surface area contributed by atoms with Gasteiger partial charge in [0, 0.05) is 19.1 Å². The fourth-order valence-electron chi connectivity index (χ4n) is 1.47. The van der Waals surface area contributed by atoms with Gasteiger partial charge in [0.1, 0.15) is 12.4 Å². The molecule has 0 aliphatic carbocycles. The van der Waals surface area contributed by atoms with E-state index in [1.54, 1.807) is 6.08 Å². The van der Waals surface area contributed by atoms with E-state index in [4.69, 9.17) is 10.5 Å². The molecule has 3 nitrogen and oxygen atoms in total. The van der Waals surface area contributed by atoms with Gasteiger partial charge in [-0.2, -0.15) is 0 Å². The Balaban J connectivity index is 2.52. The lowest BCUT2D eigenvalue weighted by Gasteiger charge is -2.23. The number of likely N-dealkylation sites (N-methyl/N-ethyl adjacent to an activating group) is 1. The van der Waals surface area contributed by atoms with Crippen LogP contribution in [0.5, 0.6) is 5.75 Å². The molecule has 1 atom stereocenters. The summed E-state index contributed by atoms with van der Waals surface area (Å²) in [7, 11) is 2.08. The van der Waals surface area contributed by atoms with E-state index in [9.17, 15) is 0 Å². The second kappa shape index (κ2) is 7.09. The minimum absolute atomic E-state index is 0.395. The topological polar surface area (TPSA) is 38.5 Å². The summed E-state index contributed by atoms with van der Waals surface area (Å²) in [6, 6.07) is 8.53. The van der Waals surface area contributed by atoms with E-state index in [-0.39, 0.29) is 0 Å². The summed E-state index contributed by atoms with van der Waals surface area (Å²) in [6.45, 7) is 7.87. The second-order valence-electron chi connectivity index (χ2n) is 4.24. The van der Waals surface area contributed by atoms with Crippen LogP contribution < -0.4 is 10.5 Å². The molecule has 0 saturated carbocycles. The molecule has 2 N–H and O–H groups in total. The second-order valence-corrected chi connectivity index (χ2v) is 4.24. The largest absolute Gasteiger partial charge is 0.490 e. The molecule has 0 heterocycles. The van der Waals surface area contributed by atoms with Gasteiger partial charge in [0.25, 0.3) is 0 Å². The van der Waals surface area contributed by atoms with Crippen LogP contribution in [0.15, 0.2) is 36.9 Å². The number of benzene rings is 1. The van der Waals surface area contributed by atoms with Crippen LogP contribution in [0.25, 0.3) is 0 Å². The van der Waals surface area contributed by atoms with Crippen LogP contribution in [0.4, 0.5) is 0 Å². The first-order chi connectivity index (χ1) is 8.17. The molecular weight excluding hydrogens is 212 g/mol. The molecule has 1 aromatic rings. The van der Waals surface area contributed by atoms with Gasteiger partial charge in [0.15, 0.2) is 0 Å². The van der Waals surface area contributed by atoms with Crippen molar-refractivity contribution in [3.8, 4) is 5.75 Å². The molecule has 94 valence electrons. The Hall–Kier alpha value is -1.32. The lowest BCUT2D eigenvalue weighted by Crippen LogP contribution is -2.34. The maximum absolute atomic E-state index is 5.63. The maximum atomic E-state index is 5.63. The van der Waals surface area contributed by atoms with Gasteiger partial charge in [-0.1, -0.05) is 24.8 Å². The summed E-state index contributed by atoms with van der Waals surface area (Å²) in [6.07, 6.45) is 1.74. The first-order valence-corrected chi connectivity index (χ1v) is 5.90. The summed E-state index contributed by atoms with van der Waals surface area (Å²) in [5.41, 5.74) is 6.90. The van der Waals surface area contributed by atoms with Crippen LogP contribution in [-0.4, -0.2) is 31.1 Å². The van der Waals surface area contributed by atoms with Crippen LogP contribution in [0.3, 0.4) is 0 Å². The highest BCUT2D eigenvalue weighted by atomic mass is 16.5. The summed E-state index contributed by atoms with van der Waals surface area (Å²) >= 11 is 0. The van der Waals surface area contributed by atoms with Crippen molar-refractivity contribution in [2.45, 2.75) is 19.5 Å². The van der Waals surface area contributed by atoms with Crippen LogP contribution in [0.2, 0.25) is 0 Å². The monoisotopic (exact) mass is 234 g/mol. The number of hydrogen-bond acceptors (Lipinski definition) is 3. The highest BCUT2D eigenvalue weighted by Gasteiger charge is 2.07. The molecule has 17 heavy (non-hydrogen) atoms. The lowest BCUT2D eigenvalue weighted by molar-refractivity contribution is 0.254. The third-order valence-corrected chi connectivity index (χ3v) is 2.82. The molecule has 0 bridgehead atoms. The third kappa shape index (κ3) is 4.59. The van der Waals surface area contributed by atoms with E-state index in [1.807, 2.05) is 12.1 Å². The summed E-state index contributed by atoms with van der Waals surface area (Å²) in [5.74, 6) is 0.878. The predicted octanol–water partition coefficient (Wildman–Crippen LogP) is 2.03. The Morgan fingerprint density at radius 1 is 1.41 bits per heavy atom. The van der Waals surface area contributed by atoms with E-state index < -0.39 is 0 Å². The summed E-state index contributed by atoms with van der Waals surface area (Å²) in [5, 5.41) is 0. The molecular formula is C14H22N2O. The van der Waals surface area contributed by atoms with Crippen molar-refractivity contribution < 1.29 is 4.74 Å². The Bertz CT molecular complexity index is 335. The normalized spacial score (nSPS) is 12.5. The summed E-state index contributed by atoms with van der Waals surface area (Å²) in [4.78, 5) is 2.24. The zero-order valence-electron chi connectivity index (χ0n) is 10.7. The highest BCUT2D eigenvalue weighted by Crippen LogP contribution is 2.13. The van der Waals surface area contributed by atoms with Crippen LogP contribution >= 0.6 is 0 Å². The van der Waals surface area contributed by atoms with E-state index in [0.29, 0.717) is 19.2 Å². The van der Waals surface area contributed by atoms with Crippen molar-refractivity contribution in [2.75, 3.05) is 20.2 Å². The van der Waals surface area contributed by atoms with E-state index in [0.717, 1.165) is 12.3 Å². The molecule has 3 heteroatoms. The number of hydrogen-bond donors (Lipinski definition) is 1. The van der Waals surface area contributed by atoms with Gasteiger partial charge in [-0.3, -0.25) is 4.90 Å². The SMILES string of the molecule is C=CCOc1ccc(CN(C)C(C)CN)cc1. The van der Waals surface area contributed by atoms with Gasteiger partial charge in [-0.25, -0.2) is 0 Å². The number of nitrogens with zero attached hydrogens (tertiary/aromatic N) is 1. The van der Waals surface area contributed by atoms with Crippen LogP contribution in [0.1, 0.15) is 12.5 Å². The quantitative estimate of drug-likeness (QED) is 0.734. The van der Waals surface area contributed by atoms with Gasteiger partial charge in [0.2, 0.25) is 0 Å². The van der Waals surface area contributed by atoms with Gasteiger partial charge < -0.3 is 10.5 Å². The Morgan fingerprint density at radius 2 is 2.06 bits per heavy atom. The lowest BCUT2D eigenvalue weighted by atomic mass is 10.2. The zero-order chi connectivity index (χ0) is 12.7. The maximum Gasteiger partial charge on any atom is 0.119 e. The molecule has 0 spiro atoms. The molecule has 0 radical (unpaired) electrons. The average Bonchev–Trinajstić information content (AvgIpc) is 2.37. The highest BCUT2D eigenvalue weighted by molar-refractivity contribution is 5.27. The number of ether oxygens (including phenoxy) is 1. The fraction of sp³-hybridized carbons (Fsp3) is 0.429. The van der Waals surface area contributed by atoms with Gasteiger partial charge in [-0.15, -0.1) is 0 Å².